The fraction of sp³-hybridized carbons (Fsp3) is 0.312. The van der Waals surface area contributed by atoms with Gasteiger partial charge < -0.3 is 8.92 Å². The number of aromatic nitrogens is 2. The zero-order valence-corrected chi connectivity index (χ0v) is 15.4. The molecule has 0 fully saturated rings. The fourth-order valence-corrected chi connectivity index (χ4v) is 2.50. The molecule has 0 amide bonds. The maximum Gasteiger partial charge on any atom is 0.534 e. The van der Waals surface area contributed by atoms with Crippen LogP contribution in [0.25, 0.3) is 11.3 Å². The van der Waals surface area contributed by atoms with Crippen molar-refractivity contribution >= 4 is 16.1 Å². The van der Waals surface area contributed by atoms with Gasteiger partial charge in [0.2, 0.25) is 5.69 Å². The molecule has 7 nitrogen and oxygen atoms in total. The Morgan fingerprint density at radius 2 is 1.71 bits per heavy atom. The topological polar surface area (TPSA) is 95.4 Å². The molecular formula is C16H14F4N2O5S. The molecule has 2 aromatic rings. The zero-order chi connectivity index (χ0) is 21.1. The molecule has 28 heavy (non-hydrogen) atoms. The lowest BCUT2D eigenvalue weighted by atomic mass is 10.1. The predicted octanol–water partition coefficient (Wildman–Crippen LogP) is 3.25. The summed E-state index contributed by atoms with van der Waals surface area (Å²) in [6, 6.07) is 4.86. The number of esters is 1. The van der Waals surface area contributed by atoms with Crippen LogP contribution in [0.4, 0.5) is 17.6 Å². The van der Waals surface area contributed by atoms with Crippen molar-refractivity contribution in [3.63, 3.8) is 0 Å². The number of nitrogens with zero attached hydrogens (tertiary/aromatic N) is 2. The maximum absolute atomic E-state index is 13.2. The second kappa shape index (κ2) is 8.09. The van der Waals surface area contributed by atoms with Crippen LogP contribution in [0, 0.1) is 5.82 Å². The second-order valence-electron chi connectivity index (χ2n) is 5.24. The number of aryl methyl sites for hydroxylation is 1. The molecular weight excluding hydrogens is 408 g/mol. The van der Waals surface area contributed by atoms with Gasteiger partial charge in [-0.1, -0.05) is 6.92 Å². The van der Waals surface area contributed by atoms with Crippen molar-refractivity contribution in [3.8, 4) is 17.1 Å². The van der Waals surface area contributed by atoms with Gasteiger partial charge in [-0.3, -0.25) is 0 Å². The van der Waals surface area contributed by atoms with Gasteiger partial charge in [0.25, 0.3) is 5.88 Å². The number of rotatable bonds is 6. The first-order chi connectivity index (χ1) is 13.0. The summed E-state index contributed by atoms with van der Waals surface area (Å²) < 4.78 is 82.5. The van der Waals surface area contributed by atoms with E-state index in [1.807, 2.05) is 0 Å². The van der Waals surface area contributed by atoms with E-state index >= 15 is 0 Å². The Labute approximate surface area is 157 Å². The molecule has 1 aromatic carbocycles. The summed E-state index contributed by atoms with van der Waals surface area (Å²) in [6.07, 6.45) is 0.102. The SMILES string of the molecule is CCOC(=O)c1nc(-c2ccc(F)cc2)c(CC)nc1OS(=O)(=O)C(F)(F)F. The van der Waals surface area contributed by atoms with Crippen LogP contribution in [0.1, 0.15) is 30.0 Å². The molecule has 0 aliphatic rings. The van der Waals surface area contributed by atoms with E-state index in [1.165, 1.54) is 19.1 Å². The molecule has 12 heteroatoms. The van der Waals surface area contributed by atoms with Gasteiger partial charge >= 0.3 is 21.6 Å². The zero-order valence-electron chi connectivity index (χ0n) is 14.6. The number of carbonyl (C=O) groups excluding carboxylic acids is 1. The summed E-state index contributed by atoms with van der Waals surface area (Å²) in [5, 5.41) is 0. The van der Waals surface area contributed by atoms with E-state index in [-0.39, 0.29) is 24.4 Å². The van der Waals surface area contributed by atoms with Crippen molar-refractivity contribution in [2.24, 2.45) is 0 Å². The van der Waals surface area contributed by atoms with Crippen LogP contribution in [0.3, 0.4) is 0 Å². The highest BCUT2D eigenvalue weighted by atomic mass is 32.2. The number of halogens is 4. The Balaban J connectivity index is 2.68. The Bertz CT molecular complexity index is 976. The average molecular weight is 422 g/mol. The van der Waals surface area contributed by atoms with E-state index in [4.69, 9.17) is 4.74 Å². The third-order valence-electron chi connectivity index (χ3n) is 3.33. The quantitative estimate of drug-likeness (QED) is 0.305. The summed E-state index contributed by atoms with van der Waals surface area (Å²) in [4.78, 5) is 19.7. The number of ether oxygens (including phenoxy) is 1. The molecule has 0 unspecified atom stereocenters. The largest absolute Gasteiger partial charge is 0.534 e. The number of hydrogen-bond donors (Lipinski definition) is 0. The Hall–Kier alpha value is -2.76. The smallest absolute Gasteiger partial charge is 0.461 e. The van der Waals surface area contributed by atoms with Crippen molar-refractivity contribution in [1.82, 2.24) is 9.97 Å². The predicted molar refractivity (Wildman–Crippen MR) is 88.4 cm³/mol. The van der Waals surface area contributed by atoms with Crippen LogP contribution in [-0.2, 0) is 21.3 Å². The molecule has 0 atom stereocenters. The maximum atomic E-state index is 13.2. The molecule has 0 saturated heterocycles. The normalized spacial score (nSPS) is 11.9. The van der Waals surface area contributed by atoms with Gasteiger partial charge in [-0.25, -0.2) is 19.2 Å². The molecule has 0 saturated carbocycles. The summed E-state index contributed by atoms with van der Waals surface area (Å²) in [5.74, 6) is -2.93. The Morgan fingerprint density at radius 1 is 1.11 bits per heavy atom. The van der Waals surface area contributed by atoms with Gasteiger partial charge in [-0.2, -0.15) is 21.6 Å². The highest BCUT2D eigenvalue weighted by molar-refractivity contribution is 7.87. The third-order valence-corrected chi connectivity index (χ3v) is 4.27. The summed E-state index contributed by atoms with van der Waals surface area (Å²) in [5.41, 5.74) is -6.20. The van der Waals surface area contributed by atoms with Crippen LogP contribution in [0.5, 0.6) is 5.88 Å². The van der Waals surface area contributed by atoms with Crippen molar-refractivity contribution in [2.75, 3.05) is 6.61 Å². The first kappa shape index (κ1) is 21.5. The molecule has 0 N–H and O–H groups in total. The molecule has 0 aliphatic carbocycles. The van der Waals surface area contributed by atoms with Gasteiger partial charge in [-0.15, -0.1) is 0 Å². The molecule has 1 aromatic heterocycles. The lowest BCUT2D eigenvalue weighted by molar-refractivity contribution is -0.0502. The standard InChI is InChI=1S/C16H14F4N2O5S/c1-3-11-12(9-5-7-10(17)8-6-9)22-13(15(23)26-4-2)14(21-11)27-28(24,25)16(18,19)20/h5-8H,3-4H2,1-2H3. The van der Waals surface area contributed by atoms with Crippen molar-refractivity contribution in [1.29, 1.82) is 0 Å². The van der Waals surface area contributed by atoms with E-state index in [2.05, 4.69) is 14.2 Å². The minimum absolute atomic E-state index is 0.0343. The number of alkyl halides is 3. The summed E-state index contributed by atoms with van der Waals surface area (Å²) >= 11 is 0. The van der Waals surface area contributed by atoms with Crippen LogP contribution >= 0.6 is 0 Å². The summed E-state index contributed by atoms with van der Waals surface area (Å²) in [7, 11) is -6.09. The fourth-order valence-electron chi connectivity index (χ4n) is 2.08. The van der Waals surface area contributed by atoms with Crippen LogP contribution in [0.2, 0.25) is 0 Å². The third kappa shape index (κ3) is 4.55. The van der Waals surface area contributed by atoms with Gasteiger partial charge in [0.1, 0.15) is 5.82 Å². The molecule has 0 bridgehead atoms. The van der Waals surface area contributed by atoms with Crippen molar-refractivity contribution < 1.29 is 39.7 Å². The van der Waals surface area contributed by atoms with Crippen LogP contribution in [-0.4, -0.2) is 36.5 Å². The van der Waals surface area contributed by atoms with E-state index < -0.39 is 39.0 Å². The van der Waals surface area contributed by atoms with E-state index in [0.29, 0.717) is 5.56 Å². The first-order valence-corrected chi connectivity index (χ1v) is 9.25. The highest BCUT2D eigenvalue weighted by Gasteiger charge is 2.49. The van der Waals surface area contributed by atoms with Crippen molar-refractivity contribution in [2.45, 2.75) is 25.8 Å². The van der Waals surface area contributed by atoms with Gasteiger partial charge in [0.05, 0.1) is 18.0 Å². The monoisotopic (exact) mass is 422 g/mol. The van der Waals surface area contributed by atoms with E-state index in [0.717, 1.165) is 12.1 Å². The molecule has 0 radical (unpaired) electrons. The van der Waals surface area contributed by atoms with Gasteiger partial charge in [-0.05, 0) is 37.6 Å². The summed E-state index contributed by atoms with van der Waals surface area (Å²) in [6.45, 7) is 2.84. The first-order valence-electron chi connectivity index (χ1n) is 7.84. The number of hydrogen-bond acceptors (Lipinski definition) is 7. The minimum atomic E-state index is -6.09. The molecule has 152 valence electrons. The number of carbonyl (C=O) groups is 1. The van der Waals surface area contributed by atoms with E-state index in [1.54, 1.807) is 6.92 Å². The second-order valence-corrected chi connectivity index (χ2v) is 6.77. The molecule has 0 spiro atoms. The minimum Gasteiger partial charge on any atom is -0.461 e. The Morgan fingerprint density at radius 3 is 2.21 bits per heavy atom. The molecule has 2 rings (SSSR count). The highest BCUT2D eigenvalue weighted by Crippen LogP contribution is 2.30. The lowest BCUT2D eigenvalue weighted by Gasteiger charge is -2.14. The van der Waals surface area contributed by atoms with Crippen LogP contribution < -0.4 is 4.18 Å². The average Bonchev–Trinajstić information content (AvgIpc) is 2.61. The molecule has 0 aliphatic heterocycles. The van der Waals surface area contributed by atoms with Gasteiger partial charge in [0.15, 0.2) is 0 Å². The molecule has 1 heterocycles. The van der Waals surface area contributed by atoms with E-state index in [9.17, 15) is 30.8 Å². The Kier molecular flexibility index (Phi) is 6.22. The lowest BCUT2D eigenvalue weighted by Crippen LogP contribution is -2.29. The van der Waals surface area contributed by atoms with Crippen molar-refractivity contribution in [3.05, 3.63) is 41.5 Å². The number of benzene rings is 1. The van der Waals surface area contributed by atoms with Crippen LogP contribution in [0.15, 0.2) is 24.3 Å². The van der Waals surface area contributed by atoms with Gasteiger partial charge in [0, 0.05) is 5.56 Å².